The first-order valence-corrected chi connectivity index (χ1v) is 8.84. The molecule has 0 aliphatic heterocycles. The summed E-state index contributed by atoms with van der Waals surface area (Å²) in [5, 5.41) is 15.4. The van der Waals surface area contributed by atoms with Crippen LogP contribution in [0.25, 0.3) is 0 Å². The van der Waals surface area contributed by atoms with Crippen molar-refractivity contribution in [3.8, 4) is 0 Å². The molecule has 0 unspecified atom stereocenters. The smallest absolute Gasteiger partial charge is 0.281 e. The molecule has 1 atom stereocenters. The molecule has 0 bridgehead atoms. The standard InChI is InChI=1S/C23H22N2O2/c1-18(19-11-5-2-6-12-19)17-24-25-22(26)23(27,20-13-7-3-8-14-20)21-15-9-4-10-16-21/h2-18,27H,1H3,(H,25,26)/t18-/m1/s1. The molecule has 3 rings (SSSR count). The zero-order chi connectivity index (χ0) is 19.1. The molecule has 0 saturated heterocycles. The van der Waals surface area contributed by atoms with Crippen LogP contribution in [0.5, 0.6) is 0 Å². The third kappa shape index (κ3) is 4.13. The number of hydrazone groups is 1. The van der Waals surface area contributed by atoms with Crippen molar-refractivity contribution in [1.29, 1.82) is 0 Å². The van der Waals surface area contributed by atoms with Gasteiger partial charge < -0.3 is 5.11 Å². The fourth-order valence-corrected chi connectivity index (χ4v) is 2.92. The molecule has 3 aromatic carbocycles. The average molecular weight is 358 g/mol. The summed E-state index contributed by atoms with van der Waals surface area (Å²) in [4.78, 5) is 12.9. The Hall–Kier alpha value is -3.24. The van der Waals surface area contributed by atoms with Crippen LogP contribution in [0.4, 0.5) is 0 Å². The molecule has 136 valence electrons. The maximum atomic E-state index is 12.9. The van der Waals surface area contributed by atoms with Crippen LogP contribution in [-0.4, -0.2) is 17.2 Å². The molecule has 0 aliphatic rings. The molecule has 1 amide bonds. The lowest BCUT2D eigenvalue weighted by molar-refractivity contribution is -0.136. The summed E-state index contributed by atoms with van der Waals surface area (Å²) in [5.41, 5.74) is 2.74. The van der Waals surface area contributed by atoms with Gasteiger partial charge in [-0.1, -0.05) is 97.9 Å². The number of aliphatic hydroxyl groups is 1. The van der Waals surface area contributed by atoms with Gasteiger partial charge in [0.2, 0.25) is 0 Å². The van der Waals surface area contributed by atoms with E-state index in [1.54, 1.807) is 54.7 Å². The largest absolute Gasteiger partial charge is 0.372 e. The Morgan fingerprint density at radius 1 is 0.889 bits per heavy atom. The Morgan fingerprint density at radius 3 is 1.81 bits per heavy atom. The van der Waals surface area contributed by atoms with Gasteiger partial charge in [0.05, 0.1) is 0 Å². The number of nitrogens with one attached hydrogen (secondary N) is 1. The predicted molar refractivity (Wildman–Crippen MR) is 107 cm³/mol. The summed E-state index contributed by atoms with van der Waals surface area (Å²) >= 11 is 0. The molecular formula is C23H22N2O2. The van der Waals surface area contributed by atoms with Gasteiger partial charge in [0.1, 0.15) is 0 Å². The highest BCUT2D eigenvalue weighted by atomic mass is 16.3. The minimum absolute atomic E-state index is 0.0352. The number of nitrogens with zero attached hydrogens (tertiary/aromatic N) is 1. The number of amides is 1. The lowest BCUT2D eigenvalue weighted by atomic mass is 9.85. The summed E-state index contributed by atoms with van der Waals surface area (Å²) < 4.78 is 0. The third-order valence-electron chi connectivity index (χ3n) is 4.50. The van der Waals surface area contributed by atoms with Gasteiger partial charge in [0.15, 0.2) is 5.60 Å². The van der Waals surface area contributed by atoms with Gasteiger partial charge in [-0.05, 0) is 16.7 Å². The summed E-state index contributed by atoms with van der Waals surface area (Å²) in [6.45, 7) is 1.99. The molecule has 0 saturated carbocycles. The van der Waals surface area contributed by atoms with E-state index in [0.29, 0.717) is 11.1 Å². The van der Waals surface area contributed by atoms with Crippen LogP contribution in [0.3, 0.4) is 0 Å². The van der Waals surface area contributed by atoms with E-state index in [9.17, 15) is 9.90 Å². The maximum Gasteiger partial charge on any atom is 0.281 e. The first-order valence-electron chi connectivity index (χ1n) is 8.84. The van der Waals surface area contributed by atoms with Crippen LogP contribution in [0.1, 0.15) is 29.5 Å². The monoisotopic (exact) mass is 358 g/mol. The van der Waals surface area contributed by atoms with Gasteiger partial charge in [-0.2, -0.15) is 5.10 Å². The second-order valence-corrected chi connectivity index (χ2v) is 6.36. The average Bonchev–Trinajstić information content (AvgIpc) is 2.74. The van der Waals surface area contributed by atoms with Crippen LogP contribution in [-0.2, 0) is 10.4 Å². The molecule has 0 aromatic heterocycles. The normalized spacial score (nSPS) is 12.7. The van der Waals surface area contributed by atoms with Gasteiger partial charge in [-0.25, -0.2) is 5.43 Å². The number of carbonyl (C=O) groups excluding carboxylic acids is 1. The minimum atomic E-state index is -1.82. The molecule has 0 radical (unpaired) electrons. The summed E-state index contributed by atoms with van der Waals surface area (Å²) in [6.07, 6.45) is 1.66. The van der Waals surface area contributed by atoms with Crippen LogP contribution >= 0.6 is 0 Å². The van der Waals surface area contributed by atoms with E-state index in [-0.39, 0.29) is 5.92 Å². The lowest BCUT2D eigenvalue weighted by Gasteiger charge is -2.27. The third-order valence-corrected chi connectivity index (χ3v) is 4.50. The van der Waals surface area contributed by atoms with E-state index in [1.807, 2.05) is 49.4 Å². The zero-order valence-corrected chi connectivity index (χ0v) is 15.1. The van der Waals surface area contributed by atoms with E-state index < -0.39 is 11.5 Å². The van der Waals surface area contributed by atoms with Gasteiger partial charge in [0.25, 0.3) is 5.91 Å². The highest BCUT2D eigenvalue weighted by Gasteiger charge is 2.39. The van der Waals surface area contributed by atoms with Crippen LogP contribution in [0.2, 0.25) is 0 Å². The van der Waals surface area contributed by atoms with Crippen molar-refractivity contribution in [2.75, 3.05) is 0 Å². The minimum Gasteiger partial charge on any atom is -0.372 e. The Kier molecular flexibility index (Phi) is 5.79. The van der Waals surface area contributed by atoms with E-state index in [2.05, 4.69) is 10.5 Å². The summed E-state index contributed by atoms with van der Waals surface area (Å²) in [7, 11) is 0. The van der Waals surface area contributed by atoms with Crippen LogP contribution in [0, 0.1) is 0 Å². The van der Waals surface area contributed by atoms with Crippen molar-refractivity contribution in [3.05, 3.63) is 108 Å². The fraction of sp³-hybridized carbons (Fsp3) is 0.130. The SMILES string of the molecule is C[C@H](C=NNC(=O)C(O)(c1ccccc1)c1ccccc1)c1ccccc1. The van der Waals surface area contributed by atoms with Crippen LogP contribution in [0.15, 0.2) is 96.1 Å². The molecule has 0 aliphatic carbocycles. The Labute approximate surface area is 159 Å². The highest BCUT2D eigenvalue weighted by molar-refractivity contribution is 5.90. The lowest BCUT2D eigenvalue weighted by Crippen LogP contribution is -2.43. The van der Waals surface area contributed by atoms with Crippen molar-refractivity contribution in [1.82, 2.24) is 5.43 Å². The molecule has 4 nitrogen and oxygen atoms in total. The molecule has 27 heavy (non-hydrogen) atoms. The number of hydrogen-bond donors (Lipinski definition) is 2. The number of benzene rings is 3. The topological polar surface area (TPSA) is 61.7 Å². The number of rotatable bonds is 6. The van der Waals surface area contributed by atoms with Crippen molar-refractivity contribution in [2.24, 2.45) is 5.10 Å². The van der Waals surface area contributed by atoms with E-state index in [1.165, 1.54) is 0 Å². The fourth-order valence-electron chi connectivity index (χ4n) is 2.92. The molecule has 4 heteroatoms. The quantitative estimate of drug-likeness (QED) is 0.520. The summed E-state index contributed by atoms with van der Waals surface area (Å²) in [5.74, 6) is -0.565. The molecule has 2 N–H and O–H groups in total. The zero-order valence-electron chi connectivity index (χ0n) is 15.1. The Bertz CT molecular complexity index is 854. The second-order valence-electron chi connectivity index (χ2n) is 6.36. The highest BCUT2D eigenvalue weighted by Crippen LogP contribution is 2.29. The Balaban J connectivity index is 1.83. The van der Waals surface area contributed by atoms with E-state index in [4.69, 9.17) is 0 Å². The van der Waals surface area contributed by atoms with Crippen molar-refractivity contribution in [3.63, 3.8) is 0 Å². The first kappa shape index (κ1) is 18.5. The van der Waals surface area contributed by atoms with Crippen molar-refractivity contribution < 1.29 is 9.90 Å². The van der Waals surface area contributed by atoms with Crippen LogP contribution < -0.4 is 5.43 Å². The summed E-state index contributed by atoms with van der Waals surface area (Å²) in [6, 6.07) is 27.6. The van der Waals surface area contributed by atoms with E-state index >= 15 is 0 Å². The molecule has 0 spiro atoms. The number of carbonyl (C=O) groups is 1. The van der Waals surface area contributed by atoms with Gasteiger partial charge in [0, 0.05) is 12.1 Å². The second kappa shape index (κ2) is 8.43. The predicted octanol–water partition coefficient (Wildman–Crippen LogP) is 3.83. The molecular weight excluding hydrogens is 336 g/mol. The van der Waals surface area contributed by atoms with Gasteiger partial charge >= 0.3 is 0 Å². The van der Waals surface area contributed by atoms with Crippen molar-refractivity contribution >= 4 is 12.1 Å². The van der Waals surface area contributed by atoms with E-state index in [0.717, 1.165) is 5.56 Å². The number of hydrogen-bond acceptors (Lipinski definition) is 3. The van der Waals surface area contributed by atoms with Crippen molar-refractivity contribution in [2.45, 2.75) is 18.4 Å². The maximum absolute atomic E-state index is 12.9. The molecule has 0 heterocycles. The van der Waals surface area contributed by atoms with Gasteiger partial charge in [-0.15, -0.1) is 0 Å². The molecule has 3 aromatic rings. The molecule has 0 fully saturated rings. The Morgan fingerprint density at radius 2 is 1.33 bits per heavy atom. The first-order chi connectivity index (χ1) is 13.1. The van der Waals surface area contributed by atoms with Gasteiger partial charge in [-0.3, -0.25) is 4.79 Å².